The molecule has 1 aromatic heterocycles. The monoisotopic (exact) mass is 355 g/mol. The number of carbonyl (C=O) groups excluding carboxylic acids is 2. The fraction of sp³-hybridized carbons (Fsp3) is 0.421. The molecule has 0 radical (unpaired) electrons. The van der Waals surface area contributed by atoms with Gasteiger partial charge in [-0.2, -0.15) is 0 Å². The van der Waals surface area contributed by atoms with Gasteiger partial charge in [0.25, 0.3) is 0 Å². The predicted octanol–water partition coefficient (Wildman–Crippen LogP) is 3.32. The average Bonchev–Trinajstić information content (AvgIpc) is 3.24. The lowest BCUT2D eigenvalue weighted by atomic mass is 10.1. The number of nitrogens with zero attached hydrogens (tertiary/aromatic N) is 2. The summed E-state index contributed by atoms with van der Waals surface area (Å²) >= 11 is 1.47. The summed E-state index contributed by atoms with van der Waals surface area (Å²) in [5.41, 5.74) is 3.38. The summed E-state index contributed by atoms with van der Waals surface area (Å²) in [6.45, 7) is 3.07. The van der Waals surface area contributed by atoms with E-state index < -0.39 is 0 Å². The van der Waals surface area contributed by atoms with Gasteiger partial charge >= 0.3 is 0 Å². The van der Waals surface area contributed by atoms with Crippen LogP contribution in [-0.2, 0) is 16.1 Å². The van der Waals surface area contributed by atoms with E-state index in [9.17, 15) is 9.59 Å². The standard InChI is InChI=1S/C19H21N3O2S/c1-12-2-4-13(5-3-12)9-22-10-15(8-17(22)23)18(24)21-19-20-16(11-25-19)14-6-7-14/h2-5,11,14-15H,6-10H2,1H3,(H,20,21,24). The van der Waals surface area contributed by atoms with Crippen LogP contribution in [0.3, 0.4) is 0 Å². The highest BCUT2D eigenvalue weighted by molar-refractivity contribution is 7.13. The third kappa shape index (κ3) is 3.74. The predicted molar refractivity (Wildman–Crippen MR) is 97.4 cm³/mol. The first kappa shape index (κ1) is 16.3. The number of amides is 2. The number of carbonyl (C=O) groups is 2. The second kappa shape index (κ2) is 6.59. The highest BCUT2D eigenvalue weighted by atomic mass is 32.1. The van der Waals surface area contributed by atoms with Crippen molar-refractivity contribution in [3.63, 3.8) is 0 Å². The Bertz CT molecular complexity index is 795. The number of aromatic nitrogens is 1. The summed E-state index contributed by atoms with van der Waals surface area (Å²) in [5.74, 6) is 0.223. The van der Waals surface area contributed by atoms with Crippen molar-refractivity contribution in [3.05, 3.63) is 46.5 Å². The molecule has 6 heteroatoms. The van der Waals surface area contributed by atoms with Gasteiger partial charge in [0, 0.05) is 30.8 Å². The number of thiazole rings is 1. The fourth-order valence-electron chi connectivity index (χ4n) is 3.13. The lowest BCUT2D eigenvalue weighted by Gasteiger charge is -2.16. The third-order valence-corrected chi connectivity index (χ3v) is 5.60. The van der Waals surface area contributed by atoms with Gasteiger partial charge in [-0.3, -0.25) is 9.59 Å². The molecule has 2 heterocycles. The molecule has 2 amide bonds. The number of benzene rings is 1. The van der Waals surface area contributed by atoms with Crippen molar-refractivity contribution in [2.75, 3.05) is 11.9 Å². The molecule has 25 heavy (non-hydrogen) atoms. The highest BCUT2D eigenvalue weighted by Gasteiger charge is 2.34. The second-order valence-electron chi connectivity index (χ2n) is 7.00. The second-order valence-corrected chi connectivity index (χ2v) is 7.86. The molecule has 1 aromatic carbocycles. The van der Waals surface area contributed by atoms with Crippen molar-refractivity contribution in [2.24, 2.45) is 5.92 Å². The van der Waals surface area contributed by atoms with Crippen molar-refractivity contribution in [2.45, 2.75) is 38.6 Å². The van der Waals surface area contributed by atoms with E-state index in [2.05, 4.69) is 10.3 Å². The zero-order valence-corrected chi connectivity index (χ0v) is 15.0. The van der Waals surface area contributed by atoms with E-state index in [-0.39, 0.29) is 24.2 Å². The van der Waals surface area contributed by atoms with Gasteiger partial charge in [-0.25, -0.2) is 4.98 Å². The Balaban J connectivity index is 1.35. The largest absolute Gasteiger partial charge is 0.338 e. The molecule has 4 rings (SSSR count). The van der Waals surface area contributed by atoms with E-state index in [4.69, 9.17) is 0 Å². The molecule has 2 aliphatic rings. The van der Waals surface area contributed by atoms with E-state index >= 15 is 0 Å². The molecule has 0 bridgehead atoms. The van der Waals surface area contributed by atoms with Crippen molar-refractivity contribution in [1.29, 1.82) is 0 Å². The maximum absolute atomic E-state index is 12.5. The van der Waals surface area contributed by atoms with Gasteiger partial charge in [0.15, 0.2) is 5.13 Å². The Labute approximate surface area is 151 Å². The number of hydrogen-bond donors (Lipinski definition) is 1. The molecule has 1 aliphatic heterocycles. The van der Waals surface area contributed by atoms with Gasteiger partial charge in [-0.1, -0.05) is 29.8 Å². The minimum atomic E-state index is -0.300. The normalized spacial score (nSPS) is 20.1. The van der Waals surface area contributed by atoms with Crippen LogP contribution in [0.15, 0.2) is 29.6 Å². The number of likely N-dealkylation sites (tertiary alicyclic amines) is 1. The van der Waals surface area contributed by atoms with Crippen LogP contribution in [0.5, 0.6) is 0 Å². The maximum Gasteiger partial charge on any atom is 0.231 e. The molecule has 130 valence electrons. The molecule has 1 saturated heterocycles. The quantitative estimate of drug-likeness (QED) is 0.895. The topological polar surface area (TPSA) is 62.3 Å². The lowest BCUT2D eigenvalue weighted by Crippen LogP contribution is -2.28. The molecular weight excluding hydrogens is 334 g/mol. The van der Waals surface area contributed by atoms with Crippen LogP contribution in [0, 0.1) is 12.8 Å². The van der Waals surface area contributed by atoms with Gasteiger partial charge in [-0.15, -0.1) is 11.3 Å². The summed E-state index contributed by atoms with van der Waals surface area (Å²) < 4.78 is 0. The van der Waals surface area contributed by atoms with Crippen LogP contribution < -0.4 is 5.32 Å². The van der Waals surface area contributed by atoms with Crippen LogP contribution in [0.4, 0.5) is 5.13 Å². The Hall–Kier alpha value is -2.21. The summed E-state index contributed by atoms with van der Waals surface area (Å²) in [6.07, 6.45) is 2.67. The zero-order chi connectivity index (χ0) is 17.4. The molecule has 1 saturated carbocycles. The minimum Gasteiger partial charge on any atom is -0.338 e. The Morgan fingerprint density at radius 1 is 1.32 bits per heavy atom. The first-order valence-electron chi connectivity index (χ1n) is 8.68. The molecule has 1 unspecified atom stereocenters. The third-order valence-electron chi connectivity index (χ3n) is 4.83. The molecule has 1 atom stereocenters. The number of aryl methyl sites for hydroxylation is 1. The van der Waals surface area contributed by atoms with Crippen LogP contribution in [0.25, 0.3) is 0 Å². The Kier molecular flexibility index (Phi) is 4.29. The molecule has 1 N–H and O–H groups in total. The summed E-state index contributed by atoms with van der Waals surface area (Å²) in [7, 11) is 0. The van der Waals surface area contributed by atoms with Crippen LogP contribution >= 0.6 is 11.3 Å². The fourth-order valence-corrected chi connectivity index (χ4v) is 3.93. The van der Waals surface area contributed by atoms with E-state index in [1.54, 1.807) is 4.90 Å². The van der Waals surface area contributed by atoms with Gasteiger partial charge in [0.2, 0.25) is 11.8 Å². The number of hydrogen-bond acceptors (Lipinski definition) is 4. The first-order valence-corrected chi connectivity index (χ1v) is 9.56. The molecule has 2 aromatic rings. The van der Waals surface area contributed by atoms with Crippen molar-refractivity contribution >= 4 is 28.3 Å². The number of rotatable bonds is 5. The lowest BCUT2D eigenvalue weighted by molar-refractivity contribution is -0.128. The molecule has 0 spiro atoms. The van der Waals surface area contributed by atoms with Gasteiger partial charge in [0.05, 0.1) is 11.6 Å². The van der Waals surface area contributed by atoms with Crippen LogP contribution in [-0.4, -0.2) is 28.2 Å². The molecule has 5 nitrogen and oxygen atoms in total. The summed E-state index contributed by atoms with van der Waals surface area (Å²) in [5, 5.41) is 5.56. The molecule has 2 fully saturated rings. The Morgan fingerprint density at radius 2 is 2.08 bits per heavy atom. The van der Waals surface area contributed by atoms with Gasteiger partial charge in [-0.05, 0) is 25.3 Å². The van der Waals surface area contributed by atoms with Crippen LogP contribution in [0.2, 0.25) is 0 Å². The van der Waals surface area contributed by atoms with Crippen molar-refractivity contribution < 1.29 is 9.59 Å². The molecular formula is C19H21N3O2S. The van der Waals surface area contributed by atoms with Crippen molar-refractivity contribution in [1.82, 2.24) is 9.88 Å². The average molecular weight is 355 g/mol. The number of anilines is 1. The maximum atomic E-state index is 12.5. The number of nitrogens with one attached hydrogen (secondary N) is 1. The highest BCUT2D eigenvalue weighted by Crippen LogP contribution is 2.41. The SMILES string of the molecule is Cc1ccc(CN2CC(C(=O)Nc3nc(C4CC4)cs3)CC2=O)cc1. The van der Waals surface area contributed by atoms with E-state index in [1.807, 2.05) is 36.6 Å². The van der Waals surface area contributed by atoms with Gasteiger partial charge < -0.3 is 10.2 Å². The summed E-state index contributed by atoms with van der Waals surface area (Å²) in [4.78, 5) is 31.0. The van der Waals surface area contributed by atoms with E-state index in [1.165, 1.54) is 29.7 Å². The van der Waals surface area contributed by atoms with E-state index in [0.29, 0.717) is 24.1 Å². The first-order chi connectivity index (χ1) is 12.1. The zero-order valence-electron chi connectivity index (χ0n) is 14.2. The smallest absolute Gasteiger partial charge is 0.231 e. The van der Waals surface area contributed by atoms with E-state index in [0.717, 1.165) is 11.3 Å². The minimum absolute atomic E-state index is 0.0403. The van der Waals surface area contributed by atoms with Crippen LogP contribution in [0.1, 0.15) is 42.0 Å². The van der Waals surface area contributed by atoms with Gasteiger partial charge in [0.1, 0.15) is 0 Å². The van der Waals surface area contributed by atoms with Crippen molar-refractivity contribution in [3.8, 4) is 0 Å². The summed E-state index contributed by atoms with van der Waals surface area (Å²) in [6, 6.07) is 8.15. The Morgan fingerprint density at radius 3 is 2.80 bits per heavy atom. The molecule has 1 aliphatic carbocycles.